The molecule has 0 saturated carbocycles. The molecule has 3 nitrogen and oxygen atoms in total. The molecule has 72 valence electrons. The maximum absolute atomic E-state index is 11.6. The highest BCUT2D eigenvalue weighted by atomic mass is 32.2. The van der Waals surface area contributed by atoms with Gasteiger partial charge in [0, 0.05) is 2.74 Å². The minimum absolute atomic E-state index is 0.0456. The second-order valence-corrected chi connectivity index (χ2v) is 4.27. The van der Waals surface area contributed by atoms with Crippen LogP contribution in [0, 0.1) is 0 Å². The van der Waals surface area contributed by atoms with Gasteiger partial charge in [0.2, 0.25) is 0 Å². The van der Waals surface area contributed by atoms with Crippen LogP contribution in [0.1, 0.15) is 9.67 Å². The summed E-state index contributed by atoms with van der Waals surface area (Å²) in [6.07, 6.45) is 0. The highest BCUT2D eigenvalue weighted by Gasteiger charge is 2.10. The lowest BCUT2D eigenvalue weighted by molar-refractivity contribution is 0.414. The van der Waals surface area contributed by atoms with Crippen molar-refractivity contribution in [2.24, 2.45) is 0 Å². The Bertz CT molecular complexity index is 431. The van der Waals surface area contributed by atoms with Gasteiger partial charge >= 0.3 is 0 Å². The van der Waals surface area contributed by atoms with Crippen molar-refractivity contribution in [3.8, 4) is 5.75 Å². The summed E-state index contributed by atoms with van der Waals surface area (Å²) < 4.78 is 42.6. The molecule has 0 aromatic heterocycles. The molecule has 0 aliphatic heterocycles. The third-order valence-electron chi connectivity index (χ3n) is 1.64. The summed E-state index contributed by atoms with van der Waals surface area (Å²) in [4.78, 5) is -0.0456. The van der Waals surface area contributed by atoms with E-state index in [1.165, 1.54) is 31.4 Å². The predicted octanol–water partition coefficient (Wildman–Crippen LogP) is 1.49. The van der Waals surface area contributed by atoms with Crippen LogP contribution in [-0.4, -0.2) is 21.2 Å². The van der Waals surface area contributed by atoms with E-state index in [9.17, 15) is 8.42 Å². The molecule has 0 fully saturated rings. The summed E-state index contributed by atoms with van der Waals surface area (Å²) in [5, 5.41) is 0. The topological polar surface area (TPSA) is 43.4 Å². The second-order valence-electron chi connectivity index (χ2n) is 2.38. The molecule has 1 atom stereocenters. The van der Waals surface area contributed by atoms with Crippen LogP contribution in [0.3, 0.4) is 0 Å². The Kier molecular flexibility index (Phi) is 2.15. The molecule has 0 amide bonds. The van der Waals surface area contributed by atoms with Gasteiger partial charge in [-0.1, -0.05) is 6.92 Å². The van der Waals surface area contributed by atoms with Crippen molar-refractivity contribution in [3.63, 3.8) is 0 Å². The summed E-state index contributed by atoms with van der Waals surface area (Å²) in [5.41, 5.74) is -2.28. The first-order valence-corrected chi connectivity index (χ1v) is 5.16. The molecule has 1 aromatic rings. The third kappa shape index (κ3) is 2.21. The van der Waals surface area contributed by atoms with Gasteiger partial charge in [0.15, 0.2) is 9.84 Å². The lowest BCUT2D eigenvalue weighted by Crippen LogP contribution is -2.03. The van der Waals surface area contributed by atoms with Crippen LogP contribution in [0.15, 0.2) is 29.2 Å². The molecule has 0 aliphatic rings. The van der Waals surface area contributed by atoms with Crippen molar-refractivity contribution in [3.05, 3.63) is 24.3 Å². The Morgan fingerprint density at radius 2 is 2.08 bits per heavy atom. The van der Waals surface area contributed by atoms with Gasteiger partial charge in [0.05, 0.1) is 17.7 Å². The number of hydrogen-bond acceptors (Lipinski definition) is 3. The number of sulfone groups is 1. The van der Waals surface area contributed by atoms with Crippen LogP contribution >= 0.6 is 0 Å². The second kappa shape index (κ2) is 3.79. The van der Waals surface area contributed by atoms with Gasteiger partial charge in [0.1, 0.15) is 5.75 Å². The monoisotopic (exact) mass is 202 g/mol. The van der Waals surface area contributed by atoms with Crippen molar-refractivity contribution in [1.29, 1.82) is 0 Å². The van der Waals surface area contributed by atoms with E-state index in [2.05, 4.69) is 0 Å². The van der Waals surface area contributed by atoms with E-state index in [0.29, 0.717) is 5.75 Å². The lowest BCUT2D eigenvalue weighted by Gasteiger charge is -2.02. The van der Waals surface area contributed by atoms with Gasteiger partial charge in [-0.05, 0) is 24.3 Å². The summed E-state index contributed by atoms with van der Waals surface area (Å²) >= 11 is 0. The molecule has 0 bridgehead atoms. The fourth-order valence-corrected chi connectivity index (χ4v) is 1.60. The first-order chi connectivity index (χ1) is 6.79. The minimum Gasteiger partial charge on any atom is -0.497 e. The van der Waals surface area contributed by atoms with E-state index < -0.39 is 15.5 Å². The first-order valence-electron chi connectivity index (χ1n) is 4.68. The quantitative estimate of drug-likeness (QED) is 0.697. The molecule has 1 aromatic carbocycles. The zero-order valence-corrected chi connectivity index (χ0v) is 8.26. The van der Waals surface area contributed by atoms with Crippen LogP contribution in [-0.2, 0) is 9.84 Å². The Morgan fingerprint density at radius 1 is 1.54 bits per heavy atom. The Labute approximate surface area is 81.1 Å². The summed E-state index contributed by atoms with van der Waals surface area (Å²) in [5.74, 6) is 0.533. The Balaban J connectivity index is 3.18. The van der Waals surface area contributed by atoms with Crippen LogP contribution in [0.5, 0.6) is 5.75 Å². The molecule has 0 aliphatic carbocycles. The Hall–Kier alpha value is -1.03. The van der Waals surface area contributed by atoms with Crippen molar-refractivity contribution in [2.75, 3.05) is 12.8 Å². The van der Waals surface area contributed by atoms with E-state index in [4.69, 9.17) is 7.48 Å². The van der Waals surface area contributed by atoms with Crippen molar-refractivity contribution in [2.45, 2.75) is 11.8 Å². The van der Waals surface area contributed by atoms with Gasteiger partial charge < -0.3 is 4.74 Å². The smallest absolute Gasteiger partial charge is 0.178 e. The number of methoxy groups -OCH3 is 1. The van der Waals surface area contributed by atoms with E-state index >= 15 is 0 Å². The van der Waals surface area contributed by atoms with Crippen LogP contribution in [0.2, 0.25) is 0 Å². The van der Waals surface area contributed by atoms with Crippen LogP contribution in [0.25, 0.3) is 0 Å². The highest BCUT2D eigenvalue weighted by Crippen LogP contribution is 2.16. The maximum atomic E-state index is 11.6. The zero-order chi connectivity index (χ0) is 11.7. The predicted molar refractivity (Wildman–Crippen MR) is 50.7 cm³/mol. The van der Waals surface area contributed by atoms with E-state index in [0.717, 1.165) is 6.92 Å². The number of ether oxygens (including phenoxy) is 1. The van der Waals surface area contributed by atoms with Crippen LogP contribution in [0.4, 0.5) is 0 Å². The van der Waals surface area contributed by atoms with Crippen molar-refractivity contribution < 1.29 is 15.9 Å². The Morgan fingerprint density at radius 3 is 2.46 bits per heavy atom. The lowest BCUT2D eigenvalue weighted by atomic mass is 10.3. The highest BCUT2D eigenvalue weighted by molar-refractivity contribution is 7.91. The van der Waals surface area contributed by atoms with Crippen molar-refractivity contribution in [1.82, 2.24) is 0 Å². The maximum Gasteiger partial charge on any atom is 0.178 e. The largest absolute Gasteiger partial charge is 0.497 e. The zero-order valence-electron chi connectivity index (χ0n) is 9.44. The van der Waals surface area contributed by atoms with Gasteiger partial charge in [-0.25, -0.2) is 8.42 Å². The number of rotatable bonds is 3. The average molecular weight is 202 g/mol. The summed E-state index contributed by atoms with van der Waals surface area (Å²) in [6, 6.07) is 5.63. The van der Waals surface area contributed by atoms with Gasteiger partial charge in [-0.2, -0.15) is 0 Å². The summed E-state index contributed by atoms with van der Waals surface area (Å²) in [6.45, 7) is 1.02. The molecule has 1 rings (SSSR count). The van der Waals surface area contributed by atoms with E-state index in [1.54, 1.807) is 0 Å². The van der Waals surface area contributed by atoms with Gasteiger partial charge in [-0.15, -0.1) is 0 Å². The fraction of sp³-hybridized carbons (Fsp3) is 0.333. The standard InChI is InChI=1S/C9H12O3S/c1-3-13(10,11)9-6-4-8(12-2)5-7-9/h4-7H,3H2,1-2H3/i3+1DH. The average Bonchev–Trinajstić information content (AvgIpc) is 2.16. The molecule has 0 N–H and O–H groups in total. The third-order valence-corrected chi connectivity index (χ3v) is 3.07. The molecular formula is C9H12O3S. The molecule has 0 radical (unpaired) electrons. The van der Waals surface area contributed by atoms with E-state index in [1.807, 2.05) is 0 Å². The molecule has 0 saturated heterocycles. The SMILES string of the molecule is [1H][13C]([2H])(C)S(=O)(=O)c1ccc(OC)cc1. The molecule has 0 heterocycles. The van der Waals surface area contributed by atoms with Crippen LogP contribution < -0.4 is 4.74 Å². The number of benzene rings is 1. The molecular weight excluding hydrogens is 189 g/mol. The summed E-state index contributed by atoms with van der Waals surface area (Å²) in [7, 11) is -2.45. The molecule has 0 spiro atoms. The fourth-order valence-electron chi connectivity index (χ4n) is 0.873. The van der Waals surface area contributed by atoms with E-state index in [-0.39, 0.29) is 4.90 Å². The molecule has 4 heteroatoms. The van der Waals surface area contributed by atoms with Crippen molar-refractivity contribution >= 4 is 9.84 Å². The minimum atomic E-state index is -3.92. The molecule has 1 unspecified atom stereocenters. The number of hydrogen-bond donors (Lipinski definition) is 0. The first kappa shape index (κ1) is 7.38. The van der Waals surface area contributed by atoms with Gasteiger partial charge in [-0.3, -0.25) is 0 Å². The van der Waals surface area contributed by atoms with Gasteiger partial charge in [0.25, 0.3) is 0 Å². The normalized spacial score (nSPS) is 18.3. The molecule has 13 heavy (non-hydrogen) atoms.